The first-order chi connectivity index (χ1) is 9.01. The first kappa shape index (κ1) is 13.5. The Bertz CT molecular complexity index is 645. The fourth-order valence-electron chi connectivity index (χ4n) is 1.84. The predicted molar refractivity (Wildman–Crippen MR) is 77.1 cm³/mol. The molecular weight excluding hydrogens is 264 g/mol. The van der Waals surface area contributed by atoms with E-state index < -0.39 is 0 Å². The van der Waals surface area contributed by atoms with E-state index in [-0.39, 0.29) is 5.56 Å². The summed E-state index contributed by atoms with van der Waals surface area (Å²) in [5, 5.41) is 0.496. The molecule has 0 atom stereocenters. The molecule has 0 fully saturated rings. The van der Waals surface area contributed by atoms with Crippen LogP contribution in [0.5, 0.6) is 11.5 Å². The molecular formula is C14H15ClN2O2. The summed E-state index contributed by atoms with van der Waals surface area (Å²) >= 11 is 5.93. The van der Waals surface area contributed by atoms with Crippen molar-refractivity contribution in [2.24, 2.45) is 0 Å². The number of ether oxygens (including phenoxy) is 1. The van der Waals surface area contributed by atoms with Crippen LogP contribution in [0, 0.1) is 6.92 Å². The predicted octanol–water partition coefficient (Wildman–Crippen LogP) is 3.27. The van der Waals surface area contributed by atoms with Gasteiger partial charge in [-0.15, -0.1) is 0 Å². The number of aromatic nitrogens is 1. The molecule has 1 heterocycles. The maximum atomic E-state index is 11.6. The third-order valence-electron chi connectivity index (χ3n) is 2.84. The molecule has 100 valence electrons. The quantitative estimate of drug-likeness (QED) is 0.847. The summed E-state index contributed by atoms with van der Waals surface area (Å²) in [5.41, 5.74) is 7.54. The maximum Gasteiger partial charge on any atom is 0.254 e. The highest BCUT2D eigenvalue weighted by Gasteiger charge is 2.11. The van der Waals surface area contributed by atoms with Gasteiger partial charge in [-0.25, -0.2) is 0 Å². The average Bonchev–Trinajstić information content (AvgIpc) is 2.34. The third-order valence-corrected chi connectivity index (χ3v) is 3.06. The summed E-state index contributed by atoms with van der Waals surface area (Å²) in [5.74, 6) is 1.08. The molecule has 2 rings (SSSR count). The van der Waals surface area contributed by atoms with Crippen molar-refractivity contribution in [3.05, 3.63) is 50.9 Å². The smallest absolute Gasteiger partial charge is 0.254 e. The van der Waals surface area contributed by atoms with E-state index in [0.29, 0.717) is 27.8 Å². The Morgan fingerprint density at radius 3 is 2.74 bits per heavy atom. The minimum atomic E-state index is -0.165. The van der Waals surface area contributed by atoms with Crippen LogP contribution in [0.3, 0.4) is 0 Å². The van der Waals surface area contributed by atoms with Gasteiger partial charge in [0.15, 0.2) is 0 Å². The molecule has 0 saturated heterocycles. The van der Waals surface area contributed by atoms with Crippen LogP contribution < -0.4 is 16.0 Å². The molecule has 0 saturated carbocycles. The number of nitrogens with two attached hydrogens (primary N) is 1. The molecule has 4 nitrogen and oxygen atoms in total. The maximum absolute atomic E-state index is 11.6. The van der Waals surface area contributed by atoms with Crippen molar-refractivity contribution in [3.8, 4) is 11.5 Å². The molecule has 0 spiro atoms. The fourth-order valence-corrected chi connectivity index (χ4v) is 2.07. The molecule has 1 aromatic heterocycles. The highest BCUT2D eigenvalue weighted by Crippen LogP contribution is 2.30. The Labute approximate surface area is 116 Å². The lowest BCUT2D eigenvalue weighted by Crippen LogP contribution is -2.11. The number of hydrogen-bond acceptors (Lipinski definition) is 3. The topological polar surface area (TPSA) is 68.1 Å². The molecule has 0 unspecified atom stereocenters. The number of nitrogens with one attached hydrogen (secondary N) is 1. The van der Waals surface area contributed by atoms with Gasteiger partial charge >= 0.3 is 0 Å². The van der Waals surface area contributed by atoms with Gasteiger partial charge in [-0.1, -0.05) is 18.5 Å². The number of benzene rings is 1. The first-order valence-electron chi connectivity index (χ1n) is 5.96. The Kier molecular flexibility index (Phi) is 3.81. The summed E-state index contributed by atoms with van der Waals surface area (Å²) in [6, 6.07) is 4.98. The van der Waals surface area contributed by atoms with Gasteiger partial charge in [0.05, 0.1) is 5.56 Å². The Morgan fingerprint density at radius 2 is 2.11 bits per heavy atom. The van der Waals surface area contributed by atoms with Gasteiger partial charge in [0.2, 0.25) is 0 Å². The van der Waals surface area contributed by atoms with Crippen molar-refractivity contribution in [3.63, 3.8) is 0 Å². The molecule has 0 amide bonds. The molecule has 0 radical (unpaired) electrons. The molecule has 0 aliphatic rings. The van der Waals surface area contributed by atoms with Crippen molar-refractivity contribution in [1.29, 1.82) is 0 Å². The van der Waals surface area contributed by atoms with Crippen LogP contribution in [0.4, 0.5) is 5.69 Å². The Morgan fingerprint density at radius 1 is 1.37 bits per heavy atom. The SMILES string of the molecule is CCc1c[nH]c(=O)c(C)c1Oc1cc(N)cc(Cl)c1. The molecule has 0 aliphatic heterocycles. The standard InChI is InChI=1S/C14H15ClN2O2/c1-3-9-7-17-14(18)8(2)13(9)19-12-5-10(15)4-11(16)6-12/h4-7H,3,16H2,1-2H3,(H,17,18). The van der Waals surface area contributed by atoms with E-state index in [1.165, 1.54) is 0 Å². The van der Waals surface area contributed by atoms with E-state index in [1.807, 2.05) is 6.92 Å². The highest BCUT2D eigenvalue weighted by molar-refractivity contribution is 6.31. The second-order valence-corrected chi connectivity index (χ2v) is 4.71. The Hall–Kier alpha value is -1.94. The lowest BCUT2D eigenvalue weighted by Gasteiger charge is -2.12. The van der Waals surface area contributed by atoms with Crippen LogP contribution in [-0.2, 0) is 6.42 Å². The zero-order valence-corrected chi connectivity index (χ0v) is 11.5. The van der Waals surface area contributed by atoms with Crippen molar-refractivity contribution < 1.29 is 4.74 Å². The summed E-state index contributed by atoms with van der Waals surface area (Å²) in [7, 11) is 0. The minimum Gasteiger partial charge on any atom is -0.456 e. The van der Waals surface area contributed by atoms with E-state index in [1.54, 1.807) is 31.3 Å². The summed E-state index contributed by atoms with van der Waals surface area (Å²) in [4.78, 5) is 14.3. The number of halogens is 1. The second kappa shape index (κ2) is 5.36. The van der Waals surface area contributed by atoms with Gasteiger partial charge in [-0.3, -0.25) is 4.79 Å². The van der Waals surface area contributed by atoms with Crippen molar-refractivity contribution >= 4 is 17.3 Å². The number of aryl methyl sites for hydroxylation is 1. The monoisotopic (exact) mass is 278 g/mol. The lowest BCUT2D eigenvalue weighted by molar-refractivity contribution is 0.471. The van der Waals surface area contributed by atoms with Crippen molar-refractivity contribution in [1.82, 2.24) is 4.98 Å². The van der Waals surface area contributed by atoms with Crippen LogP contribution in [0.15, 0.2) is 29.2 Å². The number of anilines is 1. The third kappa shape index (κ3) is 2.90. The van der Waals surface area contributed by atoms with Gasteiger partial charge in [-0.05, 0) is 25.5 Å². The molecule has 3 N–H and O–H groups in total. The largest absolute Gasteiger partial charge is 0.456 e. The number of nitrogen functional groups attached to an aromatic ring is 1. The molecule has 1 aromatic carbocycles. The van der Waals surface area contributed by atoms with E-state index in [9.17, 15) is 4.79 Å². The average molecular weight is 279 g/mol. The van der Waals surface area contributed by atoms with Crippen LogP contribution in [-0.4, -0.2) is 4.98 Å². The van der Waals surface area contributed by atoms with E-state index in [0.717, 1.165) is 12.0 Å². The molecule has 2 aromatic rings. The fraction of sp³-hybridized carbons (Fsp3) is 0.214. The molecule has 0 bridgehead atoms. The van der Waals surface area contributed by atoms with Gasteiger partial charge in [0, 0.05) is 28.5 Å². The zero-order chi connectivity index (χ0) is 14.0. The summed E-state index contributed by atoms with van der Waals surface area (Å²) in [6.07, 6.45) is 2.42. The van der Waals surface area contributed by atoms with Gasteiger partial charge < -0.3 is 15.5 Å². The number of H-pyrrole nitrogens is 1. The number of hydrogen-bond donors (Lipinski definition) is 2. The van der Waals surface area contributed by atoms with Gasteiger partial charge in [0.1, 0.15) is 11.5 Å². The van der Waals surface area contributed by atoms with Crippen LogP contribution in [0.25, 0.3) is 0 Å². The van der Waals surface area contributed by atoms with Gasteiger partial charge in [0.25, 0.3) is 5.56 Å². The highest BCUT2D eigenvalue weighted by atomic mass is 35.5. The molecule has 5 heteroatoms. The molecule has 0 aliphatic carbocycles. The number of aromatic amines is 1. The summed E-state index contributed by atoms with van der Waals surface area (Å²) < 4.78 is 5.79. The summed E-state index contributed by atoms with van der Waals surface area (Å²) in [6.45, 7) is 3.72. The molecule has 19 heavy (non-hydrogen) atoms. The lowest BCUT2D eigenvalue weighted by atomic mass is 10.1. The zero-order valence-electron chi connectivity index (χ0n) is 10.8. The normalized spacial score (nSPS) is 10.5. The van der Waals surface area contributed by atoms with Crippen LogP contribution in [0.2, 0.25) is 5.02 Å². The minimum absolute atomic E-state index is 0.165. The number of rotatable bonds is 3. The van der Waals surface area contributed by atoms with Crippen molar-refractivity contribution in [2.75, 3.05) is 5.73 Å². The number of pyridine rings is 1. The van der Waals surface area contributed by atoms with E-state index in [4.69, 9.17) is 22.1 Å². The van der Waals surface area contributed by atoms with Crippen molar-refractivity contribution in [2.45, 2.75) is 20.3 Å². The van der Waals surface area contributed by atoms with Crippen LogP contribution >= 0.6 is 11.6 Å². The van der Waals surface area contributed by atoms with Crippen LogP contribution in [0.1, 0.15) is 18.1 Å². The Balaban J connectivity index is 2.48. The van der Waals surface area contributed by atoms with Gasteiger partial charge in [-0.2, -0.15) is 0 Å². The first-order valence-corrected chi connectivity index (χ1v) is 6.34. The van der Waals surface area contributed by atoms with E-state index >= 15 is 0 Å². The second-order valence-electron chi connectivity index (χ2n) is 4.27. The van der Waals surface area contributed by atoms with E-state index in [2.05, 4.69) is 4.98 Å².